The molecule has 0 atom stereocenters. The summed E-state index contributed by atoms with van der Waals surface area (Å²) in [6.07, 6.45) is 2.94. The maximum Gasteiger partial charge on any atom is 0.266 e. The minimum Gasteiger partial charge on any atom is -0.484 e. The number of nitriles is 1. The van der Waals surface area contributed by atoms with Crippen molar-refractivity contribution >= 4 is 23.6 Å². The van der Waals surface area contributed by atoms with Crippen LogP contribution in [-0.2, 0) is 16.1 Å². The van der Waals surface area contributed by atoms with Crippen LogP contribution in [0.1, 0.15) is 11.3 Å². The maximum absolute atomic E-state index is 13.0. The minimum absolute atomic E-state index is 0.115. The Hall–Kier alpha value is -4.38. The molecule has 156 valence electrons. The number of furan rings is 1. The summed E-state index contributed by atoms with van der Waals surface area (Å²) in [7, 11) is 0. The highest BCUT2D eigenvalue weighted by atomic mass is 19.1. The summed E-state index contributed by atoms with van der Waals surface area (Å²) >= 11 is 0. The predicted molar refractivity (Wildman–Crippen MR) is 111 cm³/mol. The van der Waals surface area contributed by atoms with Crippen LogP contribution < -0.4 is 15.4 Å². The summed E-state index contributed by atoms with van der Waals surface area (Å²) in [5, 5.41) is 14.5. The summed E-state index contributed by atoms with van der Waals surface area (Å²) in [6.45, 7) is 0.106. The molecule has 3 aromatic rings. The van der Waals surface area contributed by atoms with Crippen LogP contribution in [-0.4, -0.2) is 18.4 Å². The van der Waals surface area contributed by atoms with Gasteiger partial charge in [-0.15, -0.1) is 0 Å². The first-order chi connectivity index (χ1) is 15.0. The number of nitrogens with one attached hydrogen (secondary N) is 2. The first-order valence-corrected chi connectivity index (χ1v) is 9.24. The number of halogens is 1. The molecule has 3 rings (SSSR count). The standard InChI is InChI=1S/C23H18FN3O4/c24-18-5-7-19(8-6-18)27-23(29)17(13-25)12-16-3-9-20(10-4-16)31-15-22(28)26-14-21-2-1-11-30-21/h1-12H,14-15H2,(H,26,28)(H,27,29). The van der Waals surface area contributed by atoms with Gasteiger partial charge in [0.05, 0.1) is 12.8 Å². The van der Waals surface area contributed by atoms with E-state index < -0.39 is 11.7 Å². The van der Waals surface area contributed by atoms with E-state index in [1.807, 2.05) is 6.07 Å². The molecule has 2 aromatic carbocycles. The number of anilines is 1. The third-order valence-electron chi connectivity index (χ3n) is 4.07. The van der Waals surface area contributed by atoms with E-state index in [2.05, 4.69) is 10.6 Å². The van der Waals surface area contributed by atoms with Gasteiger partial charge in [-0.05, 0) is 60.2 Å². The molecular formula is C23H18FN3O4. The number of hydrogen-bond donors (Lipinski definition) is 2. The van der Waals surface area contributed by atoms with E-state index in [1.54, 1.807) is 36.4 Å². The predicted octanol–water partition coefficient (Wildman–Crippen LogP) is 3.66. The molecule has 8 heteroatoms. The molecule has 0 fully saturated rings. The van der Waals surface area contributed by atoms with Gasteiger partial charge in [0.15, 0.2) is 6.61 Å². The van der Waals surface area contributed by atoms with E-state index in [-0.39, 0.29) is 24.6 Å². The van der Waals surface area contributed by atoms with Crippen LogP contribution >= 0.6 is 0 Å². The summed E-state index contributed by atoms with van der Waals surface area (Å²) in [6, 6.07) is 17.1. The Labute approximate surface area is 177 Å². The molecule has 2 amide bonds. The maximum atomic E-state index is 13.0. The molecule has 0 bridgehead atoms. The van der Waals surface area contributed by atoms with Crippen LogP contribution in [0.2, 0.25) is 0 Å². The molecule has 1 aromatic heterocycles. The van der Waals surface area contributed by atoms with Crippen LogP contribution in [0.5, 0.6) is 5.75 Å². The monoisotopic (exact) mass is 419 g/mol. The molecule has 2 N–H and O–H groups in total. The zero-order valence-electron chi connectivity index (χ0n) is 16.3. The average Bonchev–Trinajstić information content (AvgIpc) is 3.30. The van der Waals surface area contributed by atoms with E-state index in [0.717, 1.165) is 0 Å². The Kier molecular flexibility index (Phi) is 7.16. The first kappa shape index (κ1) is 21.3. The van der Waals surface area contributed by atoms with Crippen molar-refractivity contribution in [3.63, 3.8) is 0 Å². The summed E-state index contributed by atoms with van der Waals surface area (Å²) in [4.78, 5) is 24.1. The van der Waals surface area contributed by atoms with Crippen molar-refractivity contribution < 1.29 is 23.1 Å². The highest BCUT2D eigenvalue weighted by molar-refractivity contribution is 6.09. The van der Waals surface area contributed by atoms with E-state index >= 15 is 0 Å². The lowest BCUT2D eigenvalue weighted by atomic mass is 10.1. The third kappa shape index (κ3) is 6.58. The molecule has 1 heterocycles. The number of nitrogens with zero attached hydrogens (tertiary/aromatic N) is 1. The Morgan fingerprint density at radius 1 is 1.10 bits per heavy atom. The molecular weight excluding hydrogens is 401 g/mol. The first-order valence-electron chi connectivity index (χ1n) is 9.24. The van der Waals surface area contributed by atoms with E-state index in [1.165, 1.54) is 36.6 Å². The summed E-state index contributed by atoms with van der Waals surface area (Å²) < 4.78 is 23.5. The van der Waals surface area contributed by atoms with Gasteiger partial charge in [-0.1, -0.05) is 12.1 Å². The lowest BCUT2D eigenvalue weighted by molar-refractivity contribution is -0.123. The van der Waals surface area contributed by atoms with Crippen LogP contribution in [0.15, 0.2) is 76.9 Å². The second-order valence-electron chi connectivity index (χ2n) is 6.34. The smallest absolute Gasteiger partial charge is 0.266 e. The van der Waals surface area contributed by atoms with Crippen molar-refractivity contribution in [2.75, 3.05) is 11.9 Å². The SMILES string of the molecule is N#CC(=Cc1ccc(OCC(=O)NCc2ccco2)cc1)C(=O)Nc1ccc(F)cc1. The van der Waals surface area contributed by atoms with Gasteiger partial charge in [-0.3, -0.25) is 9.59 Å². The molecule has 0 radical (unpaired) electrons. The van der Waals surface area contributed by atoms with E-state index in [9.17, 15) is 19.2 Å². The number of ether oxygens (including phenoxy) is 1. The van der Waals surface area contributed by atoms with Gasteiger partial charge in [0, 0.05) is 5.69 Å². The van der Waals surface area contributed by atoms with Crippen LogP contribution in [0.3, 0.4) is 0 Å². The van der Waals surface area contributed by atoms with E-state index in [0.29, 0.717) is 22.8 Å². The quantitative estimate of drug-likeness (QED) is 0.428. The highest BCUT2D eigenvalue weighted by Gasteiger charge is 2.10. The number of hydrogen-bond acceptors (Lipinski definition) is 5. The minimum atomic E-state index is -0.609. The summed E-state index contributed by atoms with van der Waals surface area (Å²) in [5.74, 6) is -0.237. The van der Waals surface area contributed by atoms with Gasteiger partial charge >= 0.3 is 0 Å². The highest BCUT2D eigenvalue weighted by Crippen LogP contribution is 2.16. The summed E-state index contributed by atoms with van der Waals surface area (Å²) in [5.41, 5.74) is 0.859. The van der Waals surface area contributed by atoms with Crippen molar-refractivity contribution in [1.82, 2.24) is 5.32 Å². The largest absolute Gasteiger partial charge is 0.484 e. The Morgan fingerprint density at radius 2 is 1.84 bits per heavy atom. The number of carbonyl (C=O) groups excluding carboxylic acids is 2. The van der Waals surface area contributed by atoms with Crippen molar-refractivity contribution in [1.29, 1.82) is 5.26 Å². The lowest BCUT2D eigenvalue weighted by Gasteiger charge is -2.07. The van der Waals surface area contributed by atoms with Gasteiger partial charge in [0.25, 0.3) is 11.8 Å². The number of benzene rings is 2. The molecule has 0 spiro atoms. The van der Waals surface area contributed by atoms with E-state index in [4.69, 9.17) is 9.15 Å². The van der Waals surface area contributed by atoms with Crippen molar-refractivity contribution in [3.05, 3.63) is 89.6 Å². The van der Waals surface area contributed by atoms with Gasteiger partial charge < -0.3 is 19.8 Å². The fourth-order valence-corrected chi connectivity index (χ4v) is 2.51. The molecule has 31 heavy (non-hydrogen) atoms. The molecule has 7 nitrogen and oxygen atoms in total. The Morgan fingerprint density at radius 3 is 2.48 bits per heavy atom. The van der Waals surface area contributed by atoms with Gasteiger partial charge in [0.1, 0.15) is 29.0 Å². The van der Waals surface area contributed by atoms with Crippen LogP contribution in [0.25, 0.3) is 6.08 Å². The molecule has 0 saturated carbocycles. The normalized spacial score (nSPS) is 10.8. The van der Waals surface area contributed by atoms with Gasteiger partial charge in [0.2, 0.25) is 0 Å². The Bertz CT molecular complexity index is 1100. The molecule has 0 aliphatic carbocycles. The van der Waals surface area contributed by atoms with Crippen LogP contribution in [0, 0.1) is 17.1 Å². The topological polar surface area (TPSA) is 104 Å². The molecule has 0 aliphatic heterocycles. The van der Waals surface area contributed by atoms with Crippen molar-refractivity contribution in [3.8, 4) is 11.8 Å². The molecule has 0 unspecified atom stereocenters. The van der Waals surface area contributed by atoms with Crippen molar-refractivity contribution in [2.24, 2.45) is 0 Å². The number of carbonyl (C=O) groups is 2. The second kappa shape index (κ2) is 10.4. The fourth-order valence-electron chi connectivity index (χ4n) is 2.51. The van der Waals surface area contributed by atoms with Crippen LogP contribution in [0.4, 0.5) is 10.1 Å². The van der Waals surface area contributed by atoms with Crippen molar-refractivity contribution in [2.45, 2.75) is 6.54 Å². The van der Waals surface area contributed by atoms with Gasteiger partial charge in [-0.25, -0.2) is 4.39 Å². The number of rotatable bonds is 8. The number of amides is 2. The fraction of sp³-hybridized carbons (Fsp3) is 0.0870. The molecule has 0 saturated heterocycles. The Balaban J connectivity index is 1.53. The molecule has 0 aliphatic rings. The van der Waals surface area contributed by atoms with Gasteiger partial charge in [-0.2, -0.15) is 5.26 Å². The lowest BCUT2D eigenvalue weighted by Crippen LogP contribution is -2.28. The average molecular weight is 419 g/mol. The zero-order valence-corrected chi connectivity index (χ0v) is 16.3. The zero-order chi connectivity index (χ0) is 22.1. The third-order valence-corrected chi connectivity index (χ3v) is 4.07. The second-order valence-corrected chi connectivity index (χ2v) is 6.34.